The molecule has 15 heavy (non-hydrogen) atoms. The van der Waals surface area contributed by atoms with Crippen molar-refractivity contribution in [1.82, 2.24) is 0 Å². The van der Waals surface area contributed by atoms with Gasteiger partial charge in [-0.2, -0.15) is 0 Å². The van der Waals surface area contributed by atoms with E-state index in [0.29, 0.717) is 15.1 Å². The molecule has 2 N–H and O–H groups in total. The van der Waals surface area contributed by atoms with E-state index in [1.54, 1.807) is 12.1 Å². The van der Waals surface area contributed by atoms with Crippen LogP contribution in [0.4, 0.5) is 0 Å². The predicted molar refractivity (Wildman–Crippen MR) is 65.4 cm³/mol. The Morgan fingerprint density at radius 3 is 2.47 bits per heavy atom. The second-order valence-electron chi connectivity index (χ2n) is 2.76. The Hall–Kier alpha value is -0.390. The Bertz CT molecular complexity index is 423. The maximum absolute atomic E-state index is 11.6. The Morgan fingerprint density at radius 1 is 1.40 bits per heavy atom. The average Bonchev–Trinajstić information content (AvgIpc) is 2.19. The molecule has 0 fully saturated rings. The van der Waals surface area contributed by atoms with Gasteiger partial charge in [0.1, 0.15) is 0 Å². The normalized spacial score (nSPS) is 12.2. The fourth-order valence-electron chi connectivity index (χ4n) is 0.925. The minimum absolute atomic E-state index is 0.368. The van der Waals surface area contributed by atoms with E-state index in [4.69, 9.17) is 17.3 Å². The number of alkyl halides is 1. The molecule has 1 unspecified atom stereocenters. The second-order valence-corrected chi connectivity index (χ2v) is 4.94. The molecule has 80 valence electrons. The van der Waals surface area contributed by atoms with E-state index < -0.39 is 10.7 Å². The average molecular weight is 355 g/mol. The predicted octanol–water partition coefficient (Wildman–Crippen LogP) is 2.53. The highest BCUT2D eigenvalue weighted by atomic mass is 79.9. The smallest absolute Gasteiger partial charge is 0.239 e. The summed E-state index contributed by atoms with van der Waals surface area (Å²) in [5.41, 5.74) is 5.37. The van der Waals surface area contributed by atoms with Gasteiger partial charge >= 0.3 is 0 Å². The molecular formula is C9H6Br2ClNO2. The summed E-state index contributed by atoms with van der Waals surface area (Å²) in [6, 6.07) is 4.65. The highest BCUT2D eigenvalue weighted by Gasteiger charge is 2.22. The van der Waals surface area contributed by atoms with Gasteiger partial charge < -0.3 is 5.73 Å². The fourth-order valence-corrected chi connectivity index (χ4v) is 1.69. The van der Waals surface area contributed by atoms with Crippen molar-refractivity contribution >= 4 is 55.2 Å². The zero-order valence-corrected chi connectivity index (χ0v) is 11.3. The van der Waals surface area contributed by atoms with Crippen molar-refractivity contribution in [3.63, 3.8) is 0 Å². The van der Waals surface area contributed by atoms with Gasteiger partial charge in [0.2, 0.25) is 5.91 Å². The number of amides is 1. The molecule has 1 atom stereocenters. The SMILES string of the molecule is NC(=O)C(Br)C(=O)c1ccc(Cl)c(Br)c1. The van der Waals surface area contributed by atoms with Gasteiger partial charge in [0.05, 0.1) is 5.02 Å². The second kappa shape index (κ2) is 5.09. The summed E-state index contributed by atoms with van der Waals surface area (Å²) < 4.78 is 0.596. The third kappa shape index (κ3) is 3.03. The van der Waals surface area contributed by atoms with Crippen LogP contribution in [0.5, 0.6) is 0 Å². The topological polar surface area (TPSA) is 60.2 Å². The van der Waals surface area contributed by atoms with Crippen LogP contribution in [-0.4, -0.2) is 16.5 Å². The van der Waals surface area contributed by atoms with E-state index in [1.807, 2.05) is 0 Å². The number of nitrogens with two attached hydrogens (primary N) is 1. The van der Waals surface area contributed by atoms with Gasteiger partial charge in [0.15, 0.2) is 10.6 Å². The molecule has 0 heterocycles. The number of hydrogen-bond donors (Lipinski definition) is 1. The van der Waals surface area contributed by atoms with Crippen molar-refractivity contribution in [2.24, 2.45) is 5.73 Å². The summed E-state index contributed by atoms with van der Waals surface area (Å²) in [6.45, 7) is 0. The number of rotatable bonds is 3. The third-order valence-electron chi connectivity index (χ3n) is 1.68. The maximum atomic E-state index is 11.6. The molecule has 0 radical (unpaired) electrons. The highest BCUT2D eigenvalue weighted by Crippen LogP contribution is 2.24. The van der Waals surface area contributed by atoms with Crippen LogP contribution in [0.15, 0.2) is 22.7 Å². The lowest BCUT2D eigenvalue weighted by atomic mass is 10.1. The summed E-state index contributed by atoms with van der Waals surface area (Å²) in [5.74, 6) is -1.11. The van der Waals surface area contributed by atoms with Gasteiger partial charge in [-0.25, -0.2) is 0 Å². The summed E-state index contributed by atoms with van der Waals surface area (Å²) in [7, 11) is 0. The molecule has 0 aromatic heterocycles. The lowest BCUT2D eigenvalue weighted by Crippen LogP contribution is -2.30. The first-order chi connectivity index (χ1) is 6.93. The monoisotopic (exact) mass is 353 g/mol. The minimum atomic E-state index is -1.01. The van der Waals surface area contributed by atoms with Crippen molar-refractivity contribution in [1.29, 1.82) is 0 Å². The van der Waals surface area contributed by atoms with Gasteiger partial charge in [0.25, 0.3) is 0 Å². The molecule has 1 amide bonds. The van der Waals surface area contributed by atoms with Crippen LogP contribution in [0.2, 0.25) is 5.02 Å². The molecule has 1 rings (SSSR count). The van der Waals surface area contributed by atoms with Crippen molar-refractivity contribution in [2.45, 2.75) is 4.83 Å². The molecule has 0 spiro atoms. The number of hydrogen-bond acceptors (Lipinski definition) is 2. The van der Waals surface area contributed by atoms with E-state index >= 15 is 0 Å². The number of Topliss-reactive ketones (excluding diaryl/α,β-unsaturated/α-hetero) is 1. The fraction of sp³-hybridized carbons (Fsp3) is 0.111. The minimum Gasteiger partial charge on any atom is -0.368 e. The summed E-state index contributed by atoms with van der Waals surface area (Å²) in [6.07, 6.45) is 0. The molecule has 3 nitrogen and oxygen atoms in total. The first-order valence-electron chi connectivity index (χ1n) is 3.86. The Labute approximate surface area is 108 Å². The maximum Gasteiger partial charge on any atom is 0.239 e. The van der Waals surface area contributed by atoms with Gasteiger partial charge in [-0.15, -0.1) is 0 Å². The molecule has 0 bridgehead atoms. The van der Waals surface area contributed by atoms with Crippen LogP contribution in [0.25, 0.3) is 0 Å². The van der Waals surface area contributed by atoms with Crippen LogP contribution in [-0.2, 0) is 4.79 Å². The number of halogens is 3. The largest absolute Gasteiger partial charge is 0.368 e. The third-order valence-corrected chi connectivity index (χ3v) is 3.77. The Kier molecular flexibility index (Phi) is 4.31. The summed E-state index contributed by atoms with van der Waals surface area (Å²) in [4.78, 5) is 21.4. The number of ketones is 1. The van der Waals surface area contributed by atoms with Crippen molar-refractivity contribution in [3.8, 4) is 0 Å². The highest BCUT2D eigenvalue weighted by molar-refractivity contribution is 9.10. The molecule has 6 heteroatoms. The molecule has 0 saturated heterocycles. The van der Waals surface area contributed by atoms with Gasteiger partial charge in [-0.1, -0.05) is 27.5 Å². The molecule has 0 saturated carbocycles. The lowest BCUT2D eigenvalue weighted by molar-refractivity contribution is -0.116. The van der Waals surface area contributed by atoms with Crippen LogP contribution >= 0.6 is 43.5 Å². The number of carbonyl (C=O) groups excluding carboxylic acids is 2. The zero-order chi connectivity index (χ0) is 11.6. The van der Waals surface area contributed by atoms with E-state index in [-0.39, 0.29) is 5.78 Å². The van der Waals surface area contributed by atoms with Crippen LogP contribution < -0.4 is 5.73 Å². The quantitative estimate of drug-likeness (QED) is 0.515. The standard InChI is InChI=1S/C9H6Br2ClNO2/c10-5-3-4(1-2-6(5)12)8(14)7(11)9(13)15/h1-3,7H,(H2,13,15). The molecular weight excluding hydrogens is 349 g/mol. The number of carbonyl (C=O) groups is 2. The van der Waals surface area contributed by atoms with Gasteiger partial charge in [-0.05, 0) is 34.1 Å². The number of benzene rings is 1. The van der Waals surface area contributed by atoms with E-state index in [9.17, 15) is 9.59 Å². The van der Waals surface area contributed by atoms with E-state index in [0.717, 1.165) is 0 Å². The van der Waals surface area contributed by atoms with Crippen LogP contribution in [0.1, 0.15) is 10.4 Å². The van der Waals surface area contributed by atoms with Gasteiger partial charge in [-0.3, -0.25) is 9.59 Å². The molecule has 0 aliphatic heterocycles. The van der Waals surface area contributed by atoms with Gasteiger partial charge in [0, 0.05) is 10.0 Å². The lowest BCUT2D eigenvalue weighted by Gasteiger charge is -2.05. The van der Waals surface area contributed by atoms with Crippen molar-refractivity contribution < 1.29 is 9.59 Å². The molecule has 1 aromatic rings. The first-order valence-corrected chi connectivity index (χ1v) is 5.95. The first kappa shape index (κ1) is 12.7. The summed E-state index contributed by atoms with van der Waals surface area (Å²) in [5, 5.41) is 0.497. The number of primary amides is 1. The van der Waals surface area contributed by atoms with Crippen LogP contribution in [0, 0.1) is 0 Å². The van der Waals surface area contributed by atoms with Crippen LogP contribution in [0.3, 0.4) is 0 Å². The Balaban J connectivity index is 3.02. The zero-order valence-electron chi connectivity index (χ0n) is 7.34. The summed E-state index contributed by atoms with van der Waals surface area (Å²) >= 11 is 11.9. The van der Waals surface area contributed by atoms with E-state index in [1.165, 1.54) is 6.07 Å². The Morgan fingerprint density at radius 2 is 2.00 bits per heavy atom. The van der Waals surface area contributed by atoms with E-state index in [2.05, 4.69) is 31.9 Å². The molecule has 0 aliphatic carbocycles. The molecule has 1 aromatic carbocycles. The van der Waals surface area contributed by atoms with Crippen molar-refractivity contribution in [2.75, 3.05) is 0 Å². The molecule has 0 aliphatic rings. The van der Waals surface area contributed by atoms with Crippen molar-refractivity contribution in [3.05, 3.63) is 33.3 Å².